The zero-order valence-corrected chi connectivity index (χ0v) is 16.7. The Bertz CT molecular complexity index is 495. The molecule has 0 amide bonds. The molecule has 1 aromatic carbocycles. The van der Waals surface area contributed by atoms with Crippen molar-refractivity contribution in [1.82, 2.24) is 0 Å². The number of hydrogen-bond acceptors (Lipinski definition) is 3. The van der Waals surface area contributed by atoms with E-state index in [1.54, 1.807) is 0 Å². The average Bonchev–Trinajstić information content (AvgIpc) is 2.95. The Balaban J connectivity index is 0.000000401. The fourth-order valence-corrected chi connectivity index (χ4v) is 3.15. The first-order valence-corrected chi connectivity index (χ1v) is 10.4. The van der Waals surface area contributed by atoms with E-state index < -0.39 is 0 Å². The molecule has 0 aromatic heterocycles. The number of aryl methyl sites for hydroxylation is 1. The second-order valence-corrected chi connectivity index (χ2v) is 7.32. The van der Waals surface area contributed by atoms with Crippen LogP contribution in [0.1, 0.15) is 89.5 Å². The molecule has 0 saturated carbocycles. The summed E-state index contributed by atoms with van der Waals surface area (Å²) in [6, 6.07) is 10.3. The minimum atomic E-state index is -0.345. The second kappa shape index (κ2) is 14.5. The number of carbonyl (C=O) groups excluding carboxylic acids is 2. The number of rotatable bonds is 11. The minimum Gasteiger partial charge on any atom is -0.393 e. The Labute approximate surface area is 159 Å². The van der Waals surface area contributed by atoms with Gasteiger partial charge in [0.2, 0.25) is 0 Å². The van der Waals surface area contributed by atoms with E-state index in [1.165, 1.54) is 63.4 Å². The molecule has 2 rings (SSSR count). The maximum Gasteiger partial charge on any atom is 0.317 e. The molecule has 0 aliphatic carbocycles. The van der Waals surface area contributed by atoms with Crippen molar-refractivity contribution in [3.05, 3.63) is 35.9 Å². The van der Waals surface area contributed by atoms with Crippen LogP contribution in [0.25, 0.3) is 0 Å². The fraction of sp³-hybridized carbons (Fsp3) is 0.652. The zero-order valence-electron chi connectivity index (χ0n) is 16.7. The minimum absolute atomic E-state index is 0.151. The molecule has 1 heterocycles. The van der Waals surface area contributed by atoms with Gasteiger partial charge in [-0.15, -0.1) is 0 Å². The third kappa shape index (κ3) is 11.1. The van der Waals surface area contributed by atoms with Crippen LogP contribution < -0.4 is 0 Å². The lowest BCUT2D eigenvalue weighted by molar-refractivity contribution is -0.153. The summed E-state index contributed by atoms with van der Waals surface area (Å²) >= 11 is 0. The molecule has 1 aliphatic heterocycles. The van der Waals surface area contributed by atoms with E-state index in [1.807, 2.05) is 18.2 Å². The van der Waals surface area contributed by atoms with Crippen molar-refractivity contribution in [2.75, 3.05) is 0 Å². The number of carbonyl (C=O) groups is 2. The van der Waals surface area contributed by atoms with Gasteiger partial charge in [0, 0.05) is 0 Å². The Kier molecular flexibility index (Phi) is 12.5. The number of ether oxygens (including phenoxy) is 1. The number of unbranched alkanes of at least 4 members (excludes halogenated alkanes) is 9. The molecule has 3 nitrogen and oxygen atoms in total. The van der Waals surface area contributed by atoms with Crippen molar-refractivity contribution >= 4 is 11.9 Å². The van der Waals surface area contributed by atoms with Crippen LogP contribution in [0.3, 0.4) is 0 Å². The lowest BCUT2D eigenvalue weighted by atomic mass is 9.99. The fourth-order valence-electron chi connectivity index (χ4n) is 3.15. The highest BCUT2D eigenvalue weighted by atomic mass is 16.6. The van der Waals surface area contributed by atoms with Crippen LogP contribution >= 0.6 is 0 Å². The van der Waals surface area contributed by atoms with Crippen LogP contribution in [0.2, 0.25) is 0 Å². The van der Waals surface area contributed by atoms with Crippen molar-refractivity contribution in [3.63, 3.8) is 0 Å². The van der Waals surface area contributed by atoms with Gasteiger partial charge in [-0.1, -0.05) is 107 Å². The predicted molar refractivity (Wildman–Crippen MR) is 107 cm³/mol. The molecule has 3 heteroatoms. The Morgan fingerprint density at radius 3 is 1.81 bits per heavy atom. The van der Waals surface area contributed by atoms with Crippen LogP contribution in [0, 0.1) is 12.8 Å². The van der Waals surface area contributed by atoms with Gasteiger partial charge in [0.1, 0.15) is 0 Å². The molecule has 0 N–H and O–H groups in total. The van der Waals surface area contributed by atoms with E-state index in [4.69, 9.17) is 0 Å². The average molecular weight is 361 g/mol. The number of cyclic esters (lactones) is 2. The lowest BCUT2D eigenvalue weighted by Crippen LogP contribution is -2.06. The van der Waals surface area contributed by atoms with Crippen molar-refractivity contribution in [1.29, 1.82) is 0 Å². The summed E-state index contributed by atoms with van der Waals surface area (Å²) in [7, 11) is 0. The smallest absolute Gasteiger partial charge is 0.317 e. The Morgan fingerprint density at radius 2 is 1.38 bits per heavy atom. The van der Waals surface area contributed by atoms with Crippen molar-refractivity contribution in [3.8, 4) is 0 Å². The summed E-state index contributed by atoms with van der Waals surface area (Å²) in [5.41, 5.74) is 1.32. The first kappa shape index (κ1) is 22.4. The summed E-state index contributed by atoms with van der Waals surface area (Å²) in [6.07, 6.45) is 14.1. The van der Waals surface area contributed by atoms with Crippen LogP contribution in [0.15, 0.2) is 30.3 Å². The quantitative estimate of drug-likeness (QED) is 0.261. The number of esters is 2. The van der Waals surface area contributed by atoms with E-state index in [9.17, 15) is 9.59 Å². The number of hydrogen-bond donors (Lipinski definition) is 0. The molecule has 0 spiro atoms. The van der Waals surface area contributed by atoms with Gasteiger partial charge in [0.25, 0.3) is 0 Å². The van der Waals surface area contributed by atoms with Gasteiger partial charge < -0.3 is 4.74 Å². The molecule has 1 aromatic rings. The van der Waals surface area contributed by atoms with Crippen molar-refractivity contribution in [2.24, 2.45) is 5.92 Å². The molecule has 1 saturated heterocycles. The maximum absolute atomic E-state index is 11.2. The van der Waals surface area contributed by atoms with Gasteiger partial charge in [-0.05, 0) is 13.3 Å². The van der Waals surface area contributed by atoms with Crippen LogP contribution in [-0.2, 0) is 14.3 Å². The van der Waals surface area contributed by atoms with Crippen LogP contribution in [0.4, 0.5) is 0 Å². The lowest BCUT2D eigenvalue weighted by Gasteiger charge is -2.04. The number of benzene rings is 1. The van der Waals surface area contributed by atoms with Gasteiger partial charge in [-0.3, -0.25) is 9.59 Å². The van der Waals surface area contributed by atoms with Crippen molar-refractivity contribution < 1.29 is 14.3 Å². The standard InChI is InChI=1S/C16H28O3.C7H8/c1-2-3-4-5-6-7-8-9-10-11-12-14-13-15(17)19-16(14)18;1-7-5-3-2-4-6-7/h14H,2-13H2,1H3;2-6H,1H3. The molecular formula is C23H36O3. The largest absolute Gasteiger partial charge is 0.393 e. The first-order valence-electron chi connectivity index (χ1n) is 10.4. The highest BCUT2D eigenvalue weighted by molar-refractivity contribution is 5.94. The Hall–Kier alpha value is -1.64. The first-order chi connectivity index (χ1) is 12.6. The molecule has 26 heavy (non-hydrogen) atoms. The van der Waals surface area contributed by atoms with Crippen molar-refractivity contribution in [2.45, 2.75) is 90.9 Å². The monoisotopic (exact) mass is 360 g/mol. The zero-order chi connectivity index (χ0) is 19.0. The molecule has 146 valence electrons. The highest BCUT2D eigenvalue weighted by Gasteiger charge is 2.32. The summed E-state index contributed by atoms with van der Waals surface area (Å²) in [5.74, 6) is -0.801. The third-order valence-electron chi connectivity index (χ3n) is 4.81. The molecular weight excluding hydrogens is 324 g/mol. The van der Waals surface area contributed by atoms with Gasteiger partial charge >= 0.3 is 11.9 Å². The van der Waals surface area contributed by atoms with E-state index in [0.717, 1.165) is 12.8 Å². The van der Waals surface area contributed by atoms with E-state index >= 15 is 0 Å². The molecule has 1 fully saturated rings. The van der Waals surface area contributed by atoms with Crippen LogP contribution in [0.5, 0.6) is 0 Å². The molecule has 1 atom stereocenters. The molecule has 1 unspecified atom stereocenters. The van der Waals surface area contributed by atoms with E-state index in [-0.39, 0.29) is 17.9 Å². The summed E-state index contributed by atoms with van der Waals surface area (Å²) in [5, 5.41) is 0. The van der Waals surface area contributed by atoms with Gasteiger partial charge in [-0.25, -0.2) is 0 Å². The van der Waals surface area contributed by atoms with E-state index in [2.05, 4.69) is 30.7 Å². The Morgan fingerprint density at radius 1 is 0.846 bits per heavy atom. The maximum atomic E-state index is 11.2. The molecule has 0 radical (unpaired) electrons. The normalized spacial score (nSPS) is 16.2. The summed E-state index contributed by atoms with van der Waals surface area (Å²) in [6.45, 7) is 4.33. The topological polar surface area (TPSA) is 43.4 Å². The predicted octanol–water partition coefficient (Wildman–Crippen LogP) is 6.38. The highest BCUT2D eigenvalue weighted by Crippen LogP contribution is 2.22. The van der Waals surface area contributed by atoms with Crippen LogP contribution in [-0.4, -0.2) is 11.9 Å². The second-order valence-electron chi connectivity index (χ2n) is 7.32. The summed E-state index contributed by atoms with van der Waals surface area (Å²) in [4.78, 5) is 22.1. The summed E-state index contributed by atoms with van der Waals surface area (Å²) < 4.78 is 4.54. The molecule has 0 bridgehead atoms. The van der Waals surface area contributed by atoms with Gasteiger partial charge in [0.05, 0.1) is 12.3 Å². The van der Waals surface area contributed by atoms with Gasteiger partial charge in [-0.2, -0.15) is 0 Å². The third-order valence-corrected chi connectivity index (χ3v) is 4.81. The van der Waals surface area contributed by atoms with E-state index in [0.29, 0.717) is 6.42 Å². The SMILES string of the molecule is CCCCCCCCCCCCC1CC(=O)OC1=O.Cc1ccccc1. The van der Waals surface area contributed by atoms with Gasteiger partial charge in [0.15, 0.2) is 0 Å². The molecule has 1 aliphatic rings.